The number of hydrogen-bond donors (Lipinski definition) is 2. The van der Waals surface area contributed by atoms with Crippen molar-refractivity contribution >= 4 is 44.8 Å². The normalized spacial score (nSPS) is 11.1. The van der Waals surface area contributed by atoms with Gasteiger partial charge in [0.25, 0.3) is 15.9 Å². The van der Waals surface area contributed by atoms with Gasteiger partial charge in [0.2, 0.25) is 0 Å². The molecule has 0 spiro atoms. The van der Waals surface area contributed by atoms with E-state index in [1.807, 2.05) is 0 Å². The van der Waals surface area contributed by atoms with Crippen molar-refractivity contribution in [2.75, 3.05) is 11.3 Å². The first-order chi connectivity index (χ1) is 13.8. The molecule has 0 saturated carbocycles. The molecule has 3 aromatic rings. The van der Waals surface area contributed by atoms with E-state index in [1.54, 1.807) is 36.4 Å². The molecule has 0 saturated heterocycles. The minimum Gasteiger partial charge on any atom is -0.482 e. The Morgan fingerprint density at radius 1 is 1.07 bits per heavy atom. The minimum absolute atomic E-state index is 0.0490. The highest BCUT2D eigenvalue weighted by molar-refractivity contribution is 7.92. The molecule has 152 valence electrons. The van der Waals surface area contributed by atoms with Crippen LogP contribution in [0.1, 0.15) is 5.76 Å². The predicted molar refractivity (Wildman–Crippen MR) is 110 cm³/mol. The molecule has 0 unspecified atom stereocenters. The van der Waals surface area contributed by atoms with Gasteiger partial charge in [-0.3, -0.25) is 9.52 Å². The molecular weight excluding hydrogens is 439 g/mol. The van der Waals surface area contributed by atoms with Gasteiger partial charge in [0.1, 0.15) is 11.5 Å². The van der Waals surface area contributed by atoms with Gasteiger partial charge in [-0.05, 0) is 54.6 Å². The van der Waals surface area contributed by atoms with Crippen LogP contribution in [0.5, 0.6) is 5.75 Å². The number of carbonyl (C=O) groups is 1. The monoisotopic (exact) mass is 454 g/mol. The van der Waals surface area contributed by atoms with Gasteiger partial charge in [-0.15, -0.1) is 0 Å². The first-order valence-electron chi connectivity index (χ1n) is 8.33. The van der Waals surface area contributed by atoms with Crippen molar-refractivity contribution < 1.29 is 22.4 Å². The number of halogens is 2. The van der Waals surface area contributed by atoms with Crippen molar-refractivity contribution in [3.8, 4) is 5.75 Å². The highest BCUT2D eigenvalue weighted by Crippen LogP contribution is 2.28. The van der Waals surface area contributed by atoms with Gasteiger partial charge in [0.05, 0.1) is 22.7 Å². The number of ether oxygens (including phenoxy) is 1. The van der Waals surface area contributed by atoms with Crippen LogP contribution in [0, 0.1) is 0 Å². The number of amides is 1. The minimum atomic E-state index is -3.85. The van der Waals surface area contributed by atoms with E-state index in [0.717, 1.165) is 0 Å². The third kappa shape index (κ3) is 5.90. The number of sulfonamides is 1. The summed E-state index contributed by atoms with van der Waals surface area (Å²) >= 11 is 11.9. The SMILES string of the molecule is O=C(COc1ccc(S(=O)(=O)Nc2ccc(Cl)cc2)cc1Cl)NCc1ccco1. The topological polar surface area (TPSA) is 97.6 Å². The molecule has 1 heterocycles. The number of furan rings is 1. The predicted octanol–water partition coefficient (Wildman–Crippen LogP) is 4.08. The highest BCUT2D eigenvalue weighted by Gasteiger charge is 2.17. The fourth-order valence-electron chi connectivity index (χ4n) is 2.29. The maximum atomic E-state index is 12.5. The molecule has 1 amide bonds. The molecule has 0 aliphatic heterocycles. The number of carbonyl (C=O) groups excluding carboxylic acids is 1. The molecule has 0 aliphatic carbocycles. The summed E-state index contributed by atoms with van der Waals surface area (Å²) in [6.45, 7) is -0.0496. The smallest absolute Gasteiger partial charge is 0.261 e. The van der Waals surface area contributed by atoms with Gasteiger partial charge < -0.3 is 14.5 Å². The highest BCUT2D eigenvalue weighted by atomic mass is 35.5. The Morgan fingerprint density at radius 2 is 1.83 bits per heavy atom. The lowest BCUT2D eigenvalue weighted by molar-refractivity contribution is -0.123. The summed E-state index contributed by atoms with van der Waals surface area (Å²) in [4.78, 5) is 11.8. The second kappa shape index (κ2) is 9.21. The molecule has 10 heteroatoms. The van der Waals surface area contributed by atoms with E-state index < -0.39 is 10.0 Å². The standard InChI is InChI=1S/C19H16Cl2N2O5S/c20-13-3-5-14(6-4-13)23-29(25,26)16-7-8-18(17(21)10-16)28-12-19(24)22-11-15-2-1-9-27-15/h1-10,23H,11-12H2,(H,22,24). The van der Waals surface area contributed by atoms with Crippen LogP contribution in [-0.4, -0.2) is 20.9 Å². The number of benzene rings is 2. The molecular formula is C19H16Cl2N2O5S. The largest absolute Gasteiger partial charge is 0.482 e. The lowest BCUT2D eigenvalue weighted by Crippen LogP contribution is -2.28. The average Bonchev–Trinajstić information content (AvgIpc) is 3.20. The number of anilines is 1. The molecule has 1 aromatic heterocycles. The van der Waals surface area contributed by atoms with Crippen molar-refractivity contribution in [1.82, 2.24) is 5.32 Å². The Morgan fingerprint density at radius 3 is 2.48 bits per heavy atom. The Bertz CT molecular complexity index is 1080. The first kappa shape index (κ1) is 21.0. The van der Waals surface area contributed by atoms with Crippen LogP contribution in [0.25, 0.3) is 0 Å². The molecule has 0 atom stereocenters. The molecule has 0 aliphatic rings. The van der Waals surface area contributed by atoms with E-state index in [2.05, 4.69) is 10.0 Å². The van der Waals surface area contributed by atoms with E-state index >= 15 is 0 Å². The van der Waals surface area contributed by atoms with Crippen LogP contribution < -0.4 is 14.8 Å². The van der Waals surface area contributed by atoms with Crippen LogP contribution >= 0.6 is 23.2 Å². The van der Waals surface area contributed by atoms with Crippen molar-refractivity contribution in [1.29, 1.82) is 0 Å². The van der Waals surface area contributed by atoms with E-state index in [1.165, 1.54) is 24.5 Å². The van der Waals surface area contributed by atoms with Crippen molar-refractivity contribution in [2.45, 2.75) is 11.4 Å². The summed E-state index contributed by atoms with van der Waals surface area (Å²) in [7, 11) is -3.85. The molecule has 2 aromatic carbocycles. The number of hydrogen-bond acceptors (Lipinski definition) is 5. The van der Waals surface area contributed by atoms with Crippen molar-refractivity contribution in [3.05, 3.63) is 76.7 Å². The number of nitrogens with one attached hydrogen (secondary N) is 2. The quantitative estimate of drug-likeness (QED) is 0.534. The third-order valence-corrected chi connectivity index (χ3v) is 5.64. The van der Waals surface area contributed by atoms with E-state index in [0.29, 0.717) is 16.5 Å². The van der Waals surface area contributed by atoms with Crippen LogP contribution in [0.15, 0.2) is 70.2 Å². The van der Waals surface area contributed by atoms with Crippen LogP contribution in [0.2, 0.25) is 10.0 Å². The second-order valence-corrected chi connectivity index (χ2v) is 8.38. The van der Waals surface area contributed by atoms with Gasteiger partial charge >= 0.3 is 0 Å². The summed E-state index contributed by atoms with van der Waals surface area (Å²) in [5, 5.41) is 3.18. The summed E-state index contributed by atoms with van der Waals surface area (Å²) < 4.78 is 37.9. The molecule has 0 fully saturated rings. The molecule has 29 heavy (non-hydrogen) atoms. The van der Waals surface area contributed by atoms with E-state index in [-0.39, 0.29) is 34.7 Å². The van der Waals surface area contributed by atoms with Crippen molar-refractivity contribution in [3.63, 3.8) is 0 Å². The average molecular weight is 455 g/mol. The Kier molecular flexibility index (Phi) is 6.68. The van der Waals surface area contributed by atoms with Gasteiger partial charge in [-0.2, -0.15) is 0 Å². The Hall–Kier alpha value is -2.68. The first-order valence-corrected chi connectivity index (χ1v) is 10.6. The fourth-order valence-corrected chi connectivity index (χ4v) is 3.80. The molecule has 7 nitrogen and oxygen atoms in total. The van der Waals surface area contributed by atoms with Gasteiger partial charge in [-0.1, -0.05) is 23.2 Å². The Labute approximate surface area is 177 Å². The fraction of sp³-hybridized carbons (Fsp3) is 0.105. The zero-order valence-corrected chi connectivity index (χ0v) is 17.2. The third-order valence-electron chi connectivity index (χ3n) is 3.71. The van der Waals surface area contributed by atoms with Gasteiger partial charge in [0.15, 0.2) is 6.61 Å². The molecule has 2 N–H and O–H groups in total. The van der Waals surface area contributed by atoms with Crippen LogP contribution in [0.4, 0.5) is 5.69 Å². The maximum Gasteiger partial charge on any atom is 0.261 e. The van der Waals surface area contributed by atoms with Crippen molar-refractivity contribution in [2.24, 2.45) is 0 Å². The second-order valence-electron chi connectivity index (χ2n) is 5.85. The van der Waals surface area contributed by atoms with E-state index in [9.17, 15) is 13.2 Å². The van der Waals surface area contributed by atoms with Gasteiger partial charge in [0, 0.05) is 10.7 Å². The molecule has 3 rings (SSSR count). The van der Waals surface area contributed by atoms with Crippen LogP contribution in [-0.2, 0) is 21.4 Å². The lowest BCUT2D eigenvalue weighted by Gasteiger charge is -2.11. The molecule has 0 bridgehead atoms. The van der Waals surface area contributed by atoms with Gasteiger partial charge in [-0.25, -0.2) is 8.42 Å². The Balaban J connectivity index is 1.60. The summed E-state index contributed by atoms with van der Waals surface area (Å²) in [5.41, 5.74) is 0.360. The maximum absolute atomic E-state index is 12.5. The summed E-state index contributed by atoms with van der Waals surface area (Å²) in [6.07, 6.45) is 1.51. The zero-order chi connectivity index (χ0) is 20.9. The number of rotatable bonds is 8. The van der Waals surface area contributed by atoms with E-state index in [4.69, 9.17) is 32.4 Å². The summed E-state index contributed by atoms with van der Waals surface area (Å²) in [6, 6.07) is 13.6. The lowest BCUT2D eigenvalue weighted by atomic mass is 10.3. The zero-order valence-electron chi connectivity index (χ0n) is 14.9. The molecule has 0 radical (unpaired) electrons. The summed E-state index contributed by atoms with van der Waals surface area (Å²) in [5.74, 6) is 0.419. The van der Waals surface area contributed by atoms with Crippen LogP contribution in [0.3, 0.4) is 0 Å².